The van der Waals surface area contributed by atoms with Gasteiger partial charge in [0.25, 0.3) is 5.91 Å². The second-order valence-electron chi connectivity index (χ2n) is 6.38. The van der Waals surface area contributed by atoms with Crippen molar-refractivity contribution in [3.8, 4) is 5.75 Å². The summed E-state index contributed by atoms with van der Waals surface area (Å²) in [5, 5.41) is 8.84. The lowest BCUT2D eigenvalue weighted by atomic mass is 10.2. The standard InChI is InChI=1S/C22H20N4O3S/c1-28-15-9-18(16-7-8-29-19(16)10-15)26-22(27)17-12-30-20(21(17)25-13-23)11-24-14-5-3-2-4-6-14/h2-10,12-13,24H,11H2,1H3,(H2,23,25)(H,26,27). The molecule has 0 unspecified atom stereocenters. The molecule has 0 radical (unpaired) electrons. The SMILES string of the molecule is COc1cc(NC(=O)c2csc(CNc3ccccc3)c2/N=C\N)c2ccoc2c1. The maximum Gasteiger partial charge on any atom is 0.258 e. The number of furan rings is 1. The fourth-order valence-electron chi connectivity index (χ4n) is 3.09. The number of nitrogens with one attached hydrogen (secondary N) is 2. The first-order chi connectivity index (χ1) is 14.7. The van der Waals surface area contributed by atoms with Crippen LogP contribution in [0.25, 0.3) is 11.0 Å². The number of hydrogen-bond acceptors (Lipinski definition) is 6. The highest BCUT2D eigenvalue weighted by molar-refractivity contribution is 7.11. The van der Waals surface area contributed by atoms with Gasteiger partial charge >= 0.3 is 0 Å². The molecule has 4 rings (SSSR count). The summed E-state index contributed by atoms with van der Waals surface area (Å²) >= 11 is 1.45. The van der Waals surface area contributed by atoms with Gasteiger partial charge in [-0.25, -0.2) is 4.99 Å². The number of hydrogen-bond donors (Lipinski definition) is 3. The van der Waals surface area contributed by atoms with E-state index in [0.29, 0.717) is 34.8 Å². The number of carbonyl (C=O) groups excluding carboxylic acids is 1. The lowest BCUT2D eigenvalue weighted by molar-refractivity contribution is 0.102. The number of aliphatic imine (C=N–C) groups is 1. The molecule has 0 aliphatic heterocycles. The van der Waals surface area contributed by atoms with E-state index in [1.807, 2.05) is 30.3 Å². The number of thiophene rings is 1. The van der Waals surface area contributed by atoms with Crippen LogP contribution < -0.4 is 21.1 Å². The molecule has 0 spiro atoms. The Balaban J connectivity index is 1.60. The number of nitrogens with two attached hydrogens (primary N) is 1. The summed E-state index contributed by atoms with van der Waals surface area (Å²) in [4.78, 5) is 18.2. The van der Waals surface area contributed by atoms with Crippen molar-refractivity contribution in [3.63, 3.8) is 0 Å². The van der Waals surface area contributed by atoms with Crippen molar-refractivity contribution in [2.75, 3.05) is 17.7 Å². The molecule has 4 N–H and O–H groups in total. The molecule has 7 nitrogen and oxygen atoms in total. The number of carbonyl (C=O) groups is 1. The van der Waals surface area contributed by atoms with Gasteiger partial charge in [0.15, 0.2) is 0 Å². The van der Waals surface area contributed by atoms with E-state index in [4.69, 9.17) is 14.9 Å². The predicted molar refractivity (Wildman–Crippen MR) is 121 cm³/mol. The van der Waals surface area contributed by atoms with Crippen LogP contribution in [0, 0.1) is 0 Å². The van der Waals surface area contributed by atoms with Crippen molar-refractivity contribution in [1.29, 1.82) is 0 Å². The Morgan fingerprint density at radius 3 is 2.87 bits per heavy atom. The van der Waals surface area contributed by atoms with Gasteiger partial charge in [-0.2, -0.15) is 0 Å². The molecule has 0 atom stereocenters. The Morgan fingerprint density at radius 1 is 1.27 bits per heavy atom. The van der Waals surface area contributed by atoms with Crippen LogP contribution in [0.15, 0.2) is 69.6 Å². The Morgan fingerprint density at radius 2 is 2.10 bits per heavy atom. The molecule has 0 fully saturated rings. The van der Waals surface area contributed by atoms with Crippen LogP contribution in [0.5, 0.6) is 5.75 Å². The first kappa shape index (κ1) is 19.5. The third-order valence-electron chi connectivity index (χ3n) is 4.54. The van der Waals surface area contributed by atoms with Gasteiger partial charge in [0.2, 0.25) is 0 Å². The highest BCUT2D eigenvalue weighted by atomic mass is 32.1. The summed E-state index contributed by atoms with van der Waals surface area (Å²) in [5.41, 5.74) is 8.76. The topological polar surface area (TPSA) is 102 Å². The zero-order chi connectivity index (χ0) is 20.9. The second kappa shape index (κ2) is 8.71. The van der Waals surface area contributed by atoms with Gasteiger partial charge in [-0.05, 0) is 18.2 Å². The molecule has 2 aromatic carbocycles. The van der Waals surface area contributed by atoms with Crippen LogP contribution >= 0.6 is 11.3 Å². The minimum Gasteiger partial charge on any atom is -0.497 e. The van der Waals surface area contributed by atoms with Crippen molar-refractivity contribution in [2.45, 2.75) is 6.54 Å². The van der Waals surface area contributed by atoms with E-state index in [-0.39, 0.29) is 5.91 Å². The van der Waals surface area contributed by atoms with Crippen LogP contribution in [-0.4, -0.2) is 19.4 Å². The lowest BCUT2D eigenvalue weighted by Gasteiger charge is -2.09. The maximum atomic E-state index is 13.1. The van der Waals surface area contributed by atoms with Gasteiger partial charge in [-0.1, -0.05) is 18.2 Å². The smallest absolute Gasteiger partial charge is 0.258 e. The minimum atomic E-state index is -0.284. The minimum absolute atomic E-state index is 0.284. The van der Waals surface area contributed by atoms with Gasteiger partial charge in [-0.3, -0.25) is 4.79 Å². The normalized spacial score (nSPS) is 11.1. The largest absolute Gasteiger partial charge is 0.497 e. The number of nitrogens with zero attached hydrogens (tertiary/aromatic N) is 1. The van der Waals surface area contributed by atoms with Crippen LogP contribution in [0.3, 0.4) is 0 Å². The summed E-state index contributed by atoms with van der Waals surface area (Å²) in [6.45, 7) is 0.528. The second-order valence-corrected chi connectivity index (χ2v) is 7.34. The molecule has 0 saturated heterocycles. The first-order valence-electron chi connectivity index (χ1n) is 9.19. The van der Waals surface area contributed by atoms with Crippen LogP contribution in [0.2, 0.25) is 0 Å². The van der Waals surface area contributed by atoms with Crippen LogP contribution in [-0.2, 0) is 6.54 Å². The molecule has 1 amide bonds. The van der Waals surface area contributed by atoms with Crippen LogP contribution in [0.1, 0.15) is 15.2 Å². The number of amides is 1. The molecule has 0 aliphatic rings. The fourth-order valence-corrected chi connectivity index (χ4v) is 4.00. The molecule has 8 heteroatoms. The van der Waals surface area contributed by atoms with E-state index < -0.39 is 0 Å². The average molecular weight is 420 g/mol. The predicted octanol–water partition coefficient (Wildman–Crippen LogP) is 4.99. The van der Waals surface area contributed by atoms with E-state index in [2.05, 4.69) is 15.6 Å². The number of benzene rings is 2. The molecular weight excluding hydrogens is 400 g/mol. The first-order valence-corrected chi connectivity index (χ1v) is 10.1. The summed E-state index contributed by atoms with van der Waals surface area (Å²) < 4.78 is 10.8. The molecule has 4 aromatic rings. The van der Waals surface area contributed by atoms with E-state index in [1.54, 1.807) is 37.0 Å². The number of fused-ring (bicyclic) bond motifs is 1. The average Bonchev–Trinajstić information content (AvgIpc) is 3.40. The number of rotatable bonds is 7. The molecule has 2 heterocycles. The zero-order valence-electron chi connectivity index (χ0n) is 16.2. The Labute approximate surface area is 177 Å². The molecule has 2 aromatic heterocycles. The van der Waals surface area contributed by atoms with Crippen molar-refractivity contribution in [3.05, 3.63) is 70.6 Å². The molecule has 0 saturated carbocycles. The Bertz CT molecular complexity index is 1200. The summed E-state index contributed by atoms with van der Waals surface area (Å²) in [6, 6.07) is 15.2. The Hall–Kier alpha value is -3.78. The van der Waals surface area contributed by atoms with Crippen molar-refractivity contribution < 1.29 is 13.9 Å². The van der Waals surface area contributed by atoms with Gasteiger partial charge in [0.1, 0.15) is 11.3 Å². The van der Waals surface area contributed by atoms with Crippen molar-refractivity contribution in [1.82, 2.24) is 0 Å². The molecular formula is C22H20N4O3S. The van der Waals surface area contributed by atoms with E-state index >= 15 is 0 Å². The number of ether oxygens (including phenoxy) is 1. The van der Waals surface area contributed by atoms with E-state index in [9.17, 15) is 4.79 Å². The van der Waals surface area contributed by atoms with Gasteiger partial charge in [-0.15, -0.1) is 11.3 Å². The van der Waals surface area contributed by atoms with Crippen molar-refractivity contribution >= 4 is 51.6 Å². The van der Waals surface area contributed by atoms with Gasteiger partial charge in [0, 0.05) is 28.6 Å². The van der Waals surface area contributed by atoms with Crippen molar-refractivity contribution in [2.24, 2.45) is 10.7 Å². The van der Waals surface area contributed by atoms with E-state index in [1.165, 1.54) is 17.7 Å². The summed E-state index contributed by atoms with van der Waals surface area (Å²) in [7, 11) is 1.56. The summed E-state index contributed by atoms with van der Waals surface area (Å²) in [5.74, 6) is 0.305. The van der Waals surface area contributed by atoms with Gasteiger partial charge in [0.05, 0.1) is 48.1 Å². The molecule has 0 bridgehead atoms. The monoisotopic (exact) mass is 420 g/mol. The Kier molecular flexibility index (Phi) is 5.67. The third kappa shape index (κ3) is 3.99. The van der Waals surface area contributed by atoms with Crippen LogP contribution in [0.4, 0.5) is 17.1 Å². The zero-order valence-corrected chi connectivity index (χ0v) is 17.0. The number of methoxy groups -OCH3 is 1. The number of anilines is 2. The molecule has 30 heavy (non-hydrogen) atoms. The highest BCUT2D eigenvalue weighted by Crippen LogP contribution is 2.34. The van der Waals surface area contributed by atoms with Gasteiger partial charge < -0.3 is 25.5 Å². The molecule has 152 valence electrons. The lowest BCUT2D eigenvalue weighted by Crippen LogP contribution is -2.12. The molecule has 0 aliphatic carbocycles. The fraction of sp³-hybridized carbons (Fsp3) is 0.0909. The highest BCUT2D eigenvalue weighted by Gasteiger charge is 2.19. The number of para-hydroxylation sites is 1. The maximum absolute atomic E-state index is 13.1. The third-order valence-corrected chi connectivity index (χ3v) is 5.52. The van der Waals surface area contributed by atoms with E-state index in [0.717, 1.165) is 16.0 Å². The quantitative estimate of drug-likeness (QED) is 0.289. The summed E-state index contributed by atoms with van der Waals surface area (Å²) in [6.07, 6.45) is 2.77.